The van der Waals surface area contributed by atoms with Crippen LogP contribution in [0, 0.1) is 6.92 Å². The van der Waals surface area contributed by atoms with Gasteiger partial charge in [-0.15, -0.1) is 0 Å². The third-order valence-electron chi connectivity index (χ3n) is 2.56. The van der Waals surface area contributed by atoms with Gasteiger partial charge in [0.15, 0.2) is 0 Å². The van der Waals surface area contributed by atoms with Crippen LogP contribution >= 0.6 is 0 Å². The summed E-state index contributed by atoms with van der Waals surface area (Å²) in [5, 5.41) is 9.43. The van der Waals surface area contributed by atoms with Gasteiger partial charge < -0.3 is 5.11 Å². The van der Waals surface area contributed by atoms with Crippen molar-refractivity contribution in [2.75, 3.05) is 0 Å². The van der Waals surface area contributed by atoms with Crippen LogP contribution in [0.4, 0.5) is 0 Å². The highest BCUT2D eigenvalue weighted by molar-refractivity contribution is 5.33. The van der Waals surface area contributed by atoms with E-state index in [0.29, 0.717) is 0 Å². The summed E-state index contributed by atoms with van der Waals surface area (Å²) < 4.78 is 0. The van der Waals surface area contributed by atoms with Crippen molar-refractivity contribution in [1.82, 2.24) is 0 Å². The smallest absolute Gasteiger partial charge is 0.0583 e. The summed E-state index contributed by atoms with van der Waals surface area (Å²) in [4.78, 5) is 0. The Bertz CT molecular complexity index is 291. The van der Waals surface area contributed by atoms with E-state index in [1.165, 1.54) is 16.7 Å². The molecule has 1 aromatic carbocycles. The number of hydrogen-bond donors (Lipinski definition) is 1. The molecule has 1 nitrogen and oxygen atoms in total. The fraction of sp³-hybridized carbons (Fsp3) is 0.455. The summed E-state index contributed by atoms with van der Waals surface area (Å²) in [5.74, 6) is 0. The lowest BCUT2D eigenvalue weighted by atomic mass is 9.89. The van der Waals surface area contributed by atoms with Crippen molar-refractivity contribution >= 4 is 0 Å². The van der Waals surface area contributed by atoms with Crippen LogP contribution in [-0.2, 0) is 12.8 Å². The fourth-order valence-electron chi connectivity index (χ4n) is 1.86. The van der Waals surface area contributed by atoms with Gasteiger partial charge in [0.2, 0.25) is 0 Å². The maximum absolute atomic E-state index is 9.43. The molecule has 0 aromatic heterocycles. The van der Waals surface area contributed by atoms with Gasteiger partial charge in [0.1, 0.15) is 0 Å². The lowest BCUT2D eigenvalue weighted by Gasteiger charge is -2.20. The molecule has 0 bridgehead atoms. The molecule has 1 aliphatic rings. The van der Waals surface area contributed by atoms with Crippen LogP contribution in [0.5, 0.6) is 0 Å². The van der Waals surface area contributed by atoms with E-state index < -0.39 is 0 Å². The third kappa shape index (κ3) is 1.37. The van der Waals surface area contributed by atoms with Crippen molar-refractivity contribution in [1.29, 1.82) is 0 Å². The molecule has 12 heavy (non-hydrogen) atoms. The number of fused-ring (bicyclic) bond motifs is 1. The molecule has 1 unspecified atom stereocenters. The molecule has 0 fully saturated rings. The highest BCUT2D eigenvalue weighted by Crippen LogP contribution is 2.22. The van der Waals surface area contributed by atoms with Crippen LogP contribution in [0.15, 0.2) is 18.2 Å². The number of hydrogen-bond acceptors (Lipinski definition) is 1. The number of rotatable bonds is 0. The number of aryl methyl sites for hydroxylation is 2. The Morgan fingerprint density at radius 3 is 3.00 bits per heavy atom. The molecule has 64 valence electrons. The van der Waals surface area contributed by atoms with Crippen LogP contribution in [0.3, 0.4) is 0 Å². The zero-order chi connectivity index (χ0) is 8.55. The molecule has 1 heteroatoms. The Morgan fingerprint density at radius 2 is 2.17 bits per heavy atom. The Hall–Kier alpha value is -0.820. The van der Waals surface area contributed by atoms with Gasteiger partial charge in [-0.1, -0.05) is 23.8 Å². The van der Waals surface area contributed by atoms with Gasteiger partial charge in [0, 0.05) is 0 Å². The predicted octanol–water partition coefficient (Wildman–Crippen LogP) is 1.84. The first-order chi connectivity index (χ1) is 5.75. The number of benzene rings is 1. The van der Waals surface area contributed by atoms with Crippen LogP contribution in [-0.4, -0.2) is 11.2 Å². The highest BCUT2D eigenvalue weighted by Gasteiger charge is 2.15. The molecule has 0 saturated carbocycles. The molecule has 0 amide bonds. The van der Waals surface area contributed by atoms with E-state index in [1.807, 2.05) is 0 Å². The van der Waals surface area contributed by atoms with Crippen molar-refractivity contribution in [3.63, 3.8) is 0 Å². The molecular formula is C11H14O. The van der Waals surface area contributed by atoms with Gasteiger partial charge in [-0.25, -0.2) is 0 Å². The minimum absolute atomic E-state index is 0.111. The Labute approximate surface area is 73.0 Å². The van der Waals surface area contributed by atoms with E-state index in [4.69, 9.17) is 0 Å². The van der Waals surface area contributed by atoms with Gasteiger partial charge in [0.05, 0.1) is 6.10 Å². The standard InChI is InChI=1S/C11H14O/c1-8-2-3-10-7-11(12)5-4-9(10)6-8/h2-3,6,11-12H,4-5,7H2,1H3. The lowest BCUT2D eigenvalue weighted by Crippen LogP contribution is -2.18. The van der Waals surface area contributed by atoms with Crippen LogP contribution in [0.1, 0.15) is 23.1 Å². The predicted molar refractivity (Wildman–Crippen MR) is 49.2 cm³/mol. The zero-order valence-electron chi connectivity index (χ0n) is 7.38. The van der Waals surface area contributed by atoms with Gasteiger partial charge in [-0.3, -0.25) is 0 Å². The van der Waals surface area contributed by atoms with E-state index in [-0.39, 0.29) is 6.10 Å². The monoisotopic (exact) mass is 162 g/mol. The Balaban J connectivity index is 2.37. The van der Waals surface area contributed by atoms with Crippen LogP contribution in [0.2, 0.25) is 0 Å². The molecule has 1 aliphatic carbocycles. The molecule has 2 rings (SSSR count). The molecule has 1 atom stereocenters. The lowest BCUT2D eigenvalue weighted by molar-refractivity contribution is 0.158. The van der Waals surface area contributed by atoms with E-state index in [2.05, 4.69) is 25.1 Å². The maximum atomic E-state index is 9.43. The van der Waals surface area contributed by atoms with Crippen LogP contribution in [0.25, 0.3) is 0 Å². The first-order valence-corrected chi connectivity index (χ1v) is 4.52. The SMILES string of the molecule is Cc1ccc2c(c1)CCC(O)C2. The Kier molecular flexibility index (Phi) is 1.89. The quantitative estimate of drug-likeness (QED) is 0.617. The summed E-state index contributed by atoms with van der Waals surface area (Å²) in [7, 11) is 0. The number of aliphatic hydroxyl groups excluding tert-OH is 1. The van der Waals surface area contributed by atoms with Crippen molar-refractivity contribution in [3.05, 3.63) is 34.9 Å². The second-order valence-electron chi connectivity index (χ2n) is 3.67. The van der Waals surface area contributed by atoms with E-state index in [0.717, 1.165) is 19.3 Å². The molecule has 0 heterocycles. The van der Waals surface area contributed by atoms with Crippen molar-refractivity contribution in [2.24, 2.45) is 0 Å². The second-order valence-corrected chi connectivity index (χ2v) is 3.67. The largest absolute Gasteiger partial charge is 0.393 e. The highest BCUT2D eigenvalue weighted by atomic mass is 16.3. The molecule has 0 radical (unpaired) electrons. The molecular weight excluding hydrogens is 148 g/mol. The average molecular weight is 162 g/mol. The van der Waals surface area contributed by atoms with E-state index in [9.17, 15) is 5.11 Å². The van der Waals surface area contributed by atoms with Crippen LogP contribution < -0.4 is 0 Å². The fourth-order valence-corrected chi connectivity index (χ4v) is 1.86. The van der Waals surface area contributed by atoms with Crippen molar-refractivity contribution in [3.8, 4) is 0 Å². The third-order valence-corrected chi connectivity index (χ3v) is 2.56. The Morgan fingerprint density at radius 1 is 1.33 bits per heavy atom. The molecule has 0 aliphatic heterocycles. The van der Waals surface area contributed by atoms with Gasteiger partial charge >= 0.3 is 0 Å². The summed E-state index contributed by atoms with van der Waals surface area (Å²) in [6.45, 7) is 2.12. The van der Waals surface area contributed by atoms with Crippen molar-refractivity contribution in [2.45, 2.75) is 32.3 Å². The average Bonchev–Trinajstić information content (AvgIpc) is 2.05. The summed E-state index contributed by atoms with van der Waals surface area (Å²) in [5.41, 5.74) is 4.09. The minimum atomic E-state index is -0.111. The molecule has 0 saturated heterocycles. The number of aliphatic hydroxyl groups is 1. The first-order valence-electron chi connectivity index (χ1n) is 4.52. The normalized spacial score (nSPS) is 22.0. The zero-order valence-corrected chi connectivity index (χ0v) is 7.38. The molecule has 0 spiro atoms. The van der Waals surface area contributed by atoms with Crippen molar-refractivity contribution < 1.29 is 5.11 Å². The van der Waals surface area contributed by atoms with Gasteiger partial charge in [-0.05, 0) is 37.3 Å². The first kappa shape index (κ1) is 7.81. The minimum Gasteiger partial charge on any atom is -0.393 e. The second kappa shape index (κ2) is 2.91. The van der Waals surface area contributed by atoms with Gasteiger partial charge in [-0.2, -0.15) is 0 Å². The van der Waals surface area contributed by atoms with Gasteiger partial charge in [0.25, 0.3) is 0 Å². The topological polar surface area (TPSA) is 20.2 Å². The van der Waals surface area contributed by atoms with E-state index >= 15 is 0 Å². The molecule has 1 N–H and O–H groups in total. The summed E-state index contributed by atoms with van der Waals surface area (Å²) in [6, 6.07) is 6.51. The maximum Gasteiger partial charge on any atom is 0.0583 e. The van der Waals surface area contributed by atoms with E-state index in [1.54, 1.807) is 0 Å². The molecule has 1 aromatic rings. The summed E-state index contributed by atoms with van der Waals surface area (Å²) >= 11 is 0. The summed E-state index contributed by atoms with van der Waals surface area (Å²) in [6.07, 6.45) is 2.70.